The Morgan fingerprint density at radius 2 is 1.96 bits per heavy atom. The molecule has 0 aliphatic carbocycles. The van der Waals surface area contributed by atoms with E-state index in [-0.39, 0.29) is 5.54 Å². The predicted molar refractivity (Wildman–Crippen MR) is 108 cm³/mol. The first-order valence-electron chi connectivity index (χ1n) is 10.4. The minimum atomic E-state index is 0.0576. The largest absolute Gasteiger partial charge is 0.376 e. The number of hydrogen-bond donors (Lipinski definition) is 1. The second-order valence-electron chi connectivity index (χ2n) is 8.39. The maximum absolute atomic E-state index is 6.14. The average molecular weight is 369 g/mol. The molecule has 2 rings (SSSR count). The van der Waals surface area contributed by atoms with E-state index < -0.39 is 0 Å². The monoisotopic (exact) mass is 368 g/mol. The Morgan fingerprint density at radius 1 is 1.23 bits per heavy atom. The Kier molecular flexibility index (Phi) is 8.64. The van der Waals surface area contributed by atoms with E-state index in [0.717, 1.165) is 64.6 Å². The standard InChI is InChI=1S/C20H40N4O2/c1-6-21-19(22-16-20(2,3)23(4)5)24-12-10-17(11-13-24)26-15-18-9-7-8-14-25-18/h17-18H,6-16H2,1-5H3,(H,21,22). The second-order valence-corrected chi connectivity index (χ2v) is 8.39. The molecule has 1 atom stereocenters. The minimum Gasteiger partial charge on any atom is -0.376 e. The number of ether oxygens (including phenoxy) is 2. The van der Waals surface area contributed by atoms with Crippen molar-refractivity contribution in [3.05, 3.63) is 0 Å². The highest BCUT2D eigenvalue weighted by molar-refractivity contribution is 5.80. The highest BCUT2D eigenvalue weighted by Crippen LogP contribution is 2.18. The van der Waals surface area contributed by atoms with Crippen LogP contribution in [0.5, 0.6) is 0 Å². The molecule has 0 spiro atoms. The van der Waals surface area contributed by atoms with Gasteiger partial charge in [-0.05, 0) is 67.0 Å². The second kappa shape index (κ2) is 10.5. The van der Waals surface area contributed by atoms with E-state index >= 15 is 0 Å². The van der Waals surface area contributed by atoms with Crippen LogP contribution in [0.2, 0.25) is 0 Å². The number of nitrogens with zero attached hydrogens (tertiary/aromatic N) is 3. The van der Waals surface area contributed by atoms with Gasteiger partial charge in [-0.2, -0.15) is 0 Å². The van der Waals surface area contributed by atoms with Gasteiger partial charge in [0.2, 0.25) is 0 Å². The molecule has 2 aliphatic heterocycles. The van der Waals surface area contributed by atoms with Crippen LogP contribution in [0.1, 0.15) is 52.9 Å². The van der Waals surface area contributed by atoms with Gasteiger partial charge in [-0.15, -0.1) is 0 Å². The number of hydrogen-bond acceptors (Lipinski definition) is 4. The van der Waals surface area contributed by atoms with Crippen LogP contribution in [-0.2, 0) is 9.47 Å². The molecule has 6 heteroatoms. The van der Waals surface area contributed by atoms with Gasteiger partial charge in [-0.1, -0.05) is 0 Å². The fourth-order valence-electron chi connectivity index (χ4n) is 3.25. The zero-order chi connectivity index (χ0) is 19.0. The molecule has 1 unspecified atom stereocenters. The van der Waals surface area contributed by atoms with Crippen LogP contribution in [-0.4, -0.2) is 87.0 Å². The summed E-state index contributed by atoms with van der Waals surface area (Å²) in [5.74, 6) is 1.04. The zero-order valence-corrected chi connectivity index (χ0v) is 17.6. The molecule has 2 saturated heterocycles. The van der Waals surface area contributed by atoms with Crippen LogP contribution in [0.3, 0.4) is 0 Å². The lowest BCUT2D eigenvalue weighted by Crippen LogP contribution is -2.48. The topological polar surface area (TPSA) is 49.3 Å². The maximum Gasteiger partial charge on any atom is 0.193 e. The molecule has 0 aromatic rings. The highest BCUT2D eigenvalue weighted by atomic mass is 16.5. The van der Waals surface area contributed by atoms with Crippen LogP contribution in [0.4, 0.5) is 0 Å². The van der Waals surface area contributed by atoms with Gasteiger partial charge in [0.05, 0.1) is 25.4 Å². The van der Waals surface area contributed by atoms with Crippen molar-refractivity contribution in [3.63, 3.8) is 0 Å². The molecule has 0 aromatic heterocycles. The van der Waals surface area contributed by atoms with Crippen molar-refractivity contribution < 1.29 is 9.47 Å². The van der Waals surface area contributed by atoms with Crippen molar-refractivity contribution in [2.45, 2.75) is 70.6 Å². The van der Waals surface area contributed by atoms with Gasteiger partial charge in [0.25, 0.3) is 0 Å². The van der Waals surface area contributed by atoms with E-state index in [1.54, 1.807) is 0 Å². The summed E-state index contributed by atoms with van der Waals surface area (Å²) >= 11 is 0. The first-order valence-corrected chi connectivity index (χ1v) is 10.4. The fraction of sp³-hybridized carbons (Fsp3) is 0.950. The average Bonchev–Trinajstić information content (AvgIpc) is 2.64. The molecule has 2 fully saturated rings. The van der Waals surface area contributed by atoms with Crippen LogP contribution < -0.4 is 5.32 Å². The molecule has 0 bridgehead atoms. The van der Waals surface area contributed by atoms with Crippen LogP contribution >= 0.6 is 0 Å². The van der Waals surface area contributed by atoms with Crippen LogP contribution in [0.25, 0.3) is 0 Å². The summed E-state index contributed by atoms with van der Waals surface area (Å²) in [4.78, 5) is 9.51. The Labute approximate surface area is 160 Å². The lowest BCUT2D eigenvalue weighted by Gasteiger charge is -2.36. The molecule has 0 aromatic carbocycles. The van der Waals surface area contributed by atoms with Crippen molar-refractivity contribution in [1.29, 1.82) is 0 Å². The first kappa shape index (κ1) is 21.5. The molecular formula is C20H40N4O2. The van der Waals surface area contributed by atoms with Gasteiger partial charge >= 0.3 is 0 Å². The van der Waals surface area contributed by atoms with Gasteiger partial charge in [0.1, 0.15) is 0 Å². The van der Waals surface area contributed by atoms with Crippen molar-refractivity contribution in [2.24, 2.45) is 4.99 Å². The summed E-state index contributed by atoms with van der Waals surface area (Å²) in [5.41, 5.74) is 0.0576. The quantitative estimate of drug-likeness (QED) is 0.552. The summed E-state index contributed by atoms with van der Waals surface area (Å²) in [6, 6.07) is 0. The molecule has 2 aliphatic rings. The van der Waals surface area contributed by atoms with Gasteiger partial charge in [0.15, 0.2) is 5.96 Å². The number of likely N-dealkylation sites (N-methyl/N-ethyl adjacent to an activating group) is 1. The summed E-state index contributed by atoms with van der Waals surface area (Å²) in [7, 11) is 4.22. The van der Waals surface area contributed by atoms with Crippen LogP contribution in [0.15, 0.2) is 4.99 Å². The zero-order valence-electron chi connectivity index (χ0n) is 17.6. The third-order valence-corrected chi connectivity index (χ3v) is 5.69. The SMILES string of the molecule is CCNC(=NCC(C)(C)N(C)C)N1CCC(OCC2CCCCO2)CC1. The van der Waals surface area contributed by atoms with Gasteiger partial charge in [0, 0.05) is 31.8 Å². The summed E-state index contributed by atoms with van der Waals surface area (Å²) < 4.78 is 11.9. The molecule has 6 nitrogen and oxygen atoms in total. The lowest BCUT2D eigenvalue weighted by molar-refractivity contribution is -0.0721. The smallest absolute Gasteiger partial charge is 0.193 e. The van der Waals surface area contributed by atoms with E-state index in [4.69, 9.17) is 14.5 Å². The van der Waals surface area contributed by atoms with E-state index in [0.29, 0.717) is 12.2 Å². The van der Waals surface area contributed by atoms with Crippen molar-refractivity contribution >= 4 is 5.96 Å². The molecule has 1 N–H and O–H groups in total. The molecule has 0 radical (unpaired) electrons. The number of rotatable bonds is 7. The van der Waals surface area contributed by atoms with Gasteiger partial charge in [-0.25, -0.2) is 0 Å². The van der Waals surface area contributed by atoms with Crippen LogP contribution in [0, 0.1) is 0 Å². The first-order chi connectivity index (χ1) is 12.4. The predicted octanol–water partition coefficient (Wildman–Crippen LogP) is 2.34. The van der Waals surface area contributed by atoms with Crippen molar-refractivity contribution in [1.82, 2.24) is 15.1 Å². The van der Waals surface area contributed by atoms with Crippen molar-refractivity contribution in [3.8, 4) is 0 Å². The Hall–Kier alpha value is -0.850. The highest BCUT2D eigenvalue weighted by Gasteiger charge is 2.25. The Bertz CT molecular complexity index is 426. The summed E-state index contributed by atoms with van der Waals surface area (Å²) in [6.45, 7) is 11.9. The number of guanidine groups is 1. The van der Waals surface area contributed by atoms with E-state index in [1.165, 1.54) is 12.8 Å². The Morgan fingerprint density at radius 3 is 2.54 bits per heavy atom. The number of piperidine rings is 1. The molecule has 0 saturated carbocycles. The Balaban J connectivity index is 1.79. The maximum atomic E-state index is 6.14. The van der Waals surface area contributed by atoms with Gasteiger partial charge in [-0.3, -0.25) is 4.99 Å². The van der Waals surface area contributed by atoms with Crippen molar-refractivity contribution in [2.75, 3.05) is 53.5 Å². The summed E-state index contributed by atoms with van der Waals surface area (Å²) in [6.07, 6.45) is 6.43. The number of likely N-dealkylation sites (tertiary alicyclic amines) is 1. The van der Waals surface area contributed by atoms with Gasteiger partial charge < -0.3 is 24.6 Å². The molecule has 26 heavy (non-hydrogen) atoms. The van der Waals surface area contributed by atoms with E-state index in [9.17, 15) is 0 Å². The lowest BCUT2D eigenvalue weighted by atomic mass is 10.1. The number of aliphatic imine (C=N–C) groups is 1. The molecule has 2 heterocycles. The normalized spacial score (nSPS) is 23.5. The third kappa shape index (κ3) is 6.71. The van der Waals surface area contributed by atoms with E-state index in [1.807, 2.05) is 0 Å². The summed E-state index contributed by atoms with van der Waals surface area (Å²) in [5, 5.41) is 3.46. The number of nitrogens with one attached hydrogen (secondary N) is 1. The molecule has 152 valence electrons. The minimum absolute atomic E-state index is 0.0576. The molecule has 0 amide bonds. The van der Waals surface area contributed by atoms with E-state index in [2.05, 4.69) is 50.0 Å². The fourth-order valence-corrected chi connectivity index (χ4v) is 3.25. The molecular weight excluding hydrogens is 328 g/mol. The third-order valence-electron chi connectivity index (χ3n) is 5.69.